The number of rotatable bonds is 9. The molecule has 1 heterocycles. The van der Waals surface area contributed by atoms with Crippen LogP contribution < -0.4 is 5.32 Å². The molecule has 1 aromatic rings. The smallest absolute Gasteiger partial charge is 0.303 e. The molecule has 0 aliphatic rings. The zero-order valence-electron chi connectivity index (χ0n) is 12.0. The van der Waals surface area contributed by atoms with Crippen molar-refractivity contribution in [2.45, 2.75) is 45.6 Å². The standard InChI is InChI=1S/C13H22N4O3/c1-3-11(4-5-12(18)19)6-7-15-13(20)10(2)17-9-14-8-16-17/h8-11H,3-7H2,1-2H3,(H,15,20)(H,18,19). The first-order chi connectivity index (χ1) is 9.54. The van der Waals surface area contributed by atoms with Crippen LogP contribution >= 0.6 is 0 Å². The van der Waals surface area contributed by atoms with E-state index in [0.717, 1.165) is 12.8 Å². The summed E-state index contributed by atoms with van der Waals surface area (Å²) in [4.78, 5) is 26.2. The van der Waals surface area contributed by atoms with Crippen LogP contribution in [0.4, 0.5) is 0 Å². The fraction of sp³-hybridized carbons (Fsp3) is 0.692. The molecule has 2 atom stereocenters. The molecule has 0 saturated carbocycles. The van der Waals surface area contributed by atoms with Crippen molar-refractivity contribution < 1.29 is 14.7 Å². The Labute approximate surface area is 118 Å². The van der Waals surface area contributed by atoms with Gasteiger partial charge < -0.3 is 10.4 Å². The maximum absolute atomic E-state index is 11.9. The number of amides is 1. The van der Waals surface area contributed by atoms with Gasteiger partial charge in [0.1, 0.15) is 18.7 Å². The van der Waals surface area contributed by atoms with Crippen molar-refractivity contribution in [3.05, 3.63) is 12.7 Å². The molecule has 0 aliphatic carbocycles. The quantitative estimate of drug-likeness (QED) is 0.710. The third kappa shape index (κ3) is 5.38. The number of hydrogen-bond donors (Lipinski definition) is 2. The van der Waals surface area contributed by atoms with Crippen molar-refractivity contribution in [2.75, 3.05) is 6.54 Å². The zero-order chi connectivity index (χ0) is 15.0. The number of aliphatic carboxylic acids is 1. The molecular weight excluding hydrogens is 260 g/mol. The first kappa shape index (κ1) is 16.1. The Bertz CT molecular complexity index is 419. The summed E-state index contributed by atoms with van der Waals surface area (Å²) >= 11 is 0. The normalized spacial score (nSPS) is 13.7. The Balaban J connectivity index is 2.28. The predicted octanol–water partition coefficient (Wildman–Crippen LogP) is 1.24. The topological polar surface area (TPSA) is 97.1 Å². The molecule has 7 nitrogen and oxygen atoms in total. The molecule has 1 rings (SSSR count). The molecule has 2 unspecified atom stereocenters. The van der Waals surface area contributed by atoms with E-state index in [1.807, 2.05) is 6.92 Å². The SMILES string of the molecule is CCC(CCNC(=O)C(C)n1cncn1)CCC(=O)O. The van der Waals surface area contributed by atoms with Gasteiger partial charge in [-0.2, -0.15) is 5.10 Å². The van der Waals surface area contributed by atoms with E-state index in [0.29, 0.717) is 18.9 Å². The first-order valence-electron chi connectivity index (χ1n) is 6.88. The Morgan fingerprint density at radius 3 is 2.70 bits per heavy atom. The molecule has 20 heavy (non-hydrogen) atoms. The highest BCUT2D eigenvalue weighted by Crippen LogP contribution is 2.14. The van der Waals surface area contributed by atoms with Gasteiger partial charge >= 0.3 is 5.97 Å². The number of carboxylic acids is 1. The number of nitrogens with zero attached hydrogens (tertiary/aromatic N) is 3. The van der Waals surface area contributed by atoms with Crippen molar-refractivity contribution in [2.24, 2.45) is 5.92 Å². The Morgan fingerprint density at radius 1 is 1.40 bits per heavy atom. The molecule has 1 aromatic heterocycles. The molecule has 0 aliphatic heterocycles. The average molecular weight is 282 g/mol. The van der Waals surface area contributed by atoms with Gasteiger partial charge in [0.15, 0.2) is 0 Å². The molecule has 0 saturated heterocycles. The number of aromatic nitrogens is 3. The lowest BCUT2D eigenvalue weighted by Gasteiger charge is -2.16. The van der Waals surface area contributed by atoms with Crippen molar-refractivity contribution in [3.8, 4) is 0 Å². The third-order valence-corrected chi connectivity index (χ3v) is 3.41. The molecule has 1 amide bonds. The predicted molar refractivity (Wildman–Crippen MR) is 73.0 cm³/mol. The van der Waals surface area contributed by atoms with E-state index in [4.69, 9.17) is 5.11 Å². The monoisotopic (exact) mass is 282 g/mol. The summed E-state index contributed by atoms with van der Waals surface area (Å²) in [5.41, 5.74) is 0. The summed E-state index contributed by atoms with van der Waals surface area (Å²) < 4.78 is 1.50. The summed E-state index contributed by atoms with van der Waals surface area (Å²) in [5.74, 6) is -0.552. The van der Waals surface area contributed by atoms with Gasteiger partial charge in [-0.25, -0.2) is 9.67 Å². The molecule has 0 spiro atoms. The van der Waals surface area contributed by atoms with Crippen LogP contribution in [0.25, 0.3) is 0 Å². The Hall–Kier alpha value is -1.92. The molecule has 0 radical (unpaired) electrons. The minimum atomic E-state index is -0.771. The minimum Gasteiger partial charge on any atom is -0.481 e. The van der Waals surface area contributed by atoms with Crippen LogP contribution in [0.3, 0.4) is 0 Å². The molecule has 112 valence electrons. The fourth-order valence-electron chi connectivity index (χ4n) is 1.96. The first-order valence-corrected chi connectivity index (χ1v) is 6.88. The van der Waals surface area contributed by atoms with Crippen molar-refractivity contribution in [3.63, 3.8) is 0 Å². The lowest BCUT2D eigenvalue weighted by Crippen LogP contribution is -2.32. The molecule has 0 fully saturated rings. The van der Waals surface area contributed by atoms with Crippen LogP contribution in [0.2, 0.25) is 0 Å². The second-order valence-electron chi connectivity index (χ2n) is 4.84. The van der Waals surface area contributed by atoms with E-state index >= 15 is 0 Å². The Kier molecular flexibility index (Phi) is 6.69. The maximum atomic E-state index is 11.9. The van der Waals surface area contributed by atoms with Gasteiger partial charge in [0.2, 0.25) is 5.91 Å². The van der Waals surface area contributed by atoms with E-state index in [9.17, 15) is 9.59 Å². The minimum absolute atomic E-state index is 0.108. The summed E-state index contributed by atoms with van der Waals surface area (Å²) in [6.07, 6.45) is 5.44. The van der Waals surface area contributed by atoms with Crippen LogP contribution in [-0.4, -0.2) is 38.3 Å². The summed E-state index contributed by atoms with van der Waals surface area (Å²) in [6, 6.07) is -0.392. The third-order valence-electron chi connectivity index (χ3n) is 3.41. The zero-order valence-corrected chi connectivity index (χ0v) is 12.0. The summed E-state index contributed by atoms with van der Waals surface area (Å²) in [5, 5.41) is 15.4. The molecule has 2 N–H and O–H groups in total. The number of carbonyl (C=O) groups excluding carboxylic acids is 1. The van der Waals surface area contributed by atoms with Crippen molar-refractivity contribution >= 4 is 11.9 Å². The van der Waals surface area contributed by atoms with Gasteiger partial charge in [-0.1, -0.05) is 13.3 Å². The molecule has 0 aromatic carbocycles. The fourth-order valence-corrected chi connectivity index (χ4v) is 1.96. The van der Waals surface area contributed by atoms with Gasteiger partial charge in [0, 0.05) is 13.0 Å². The molecular formula is C13H22N4O3. The van der Waals surface area contributed by atoms with E-state index in [1.54, 1.807) is 6.92 Å². The lowest BCUT2D eigenvalue weighted by atomic mass is 9.96. The average Bonchev–Trinajstić information content (AvgIpc) is 2.95. The van der Waals surface area contributed by atoms with Gasteiger partial charge in [-0.3, -0.25) is 9.59 Å². The molecule has 7 heteroatoms. The van der Waals surface area contributed by atoms with Crippen LogP contribution in [0.15, 0.2) is 12.7 Å². The van der Waals surface area contributed by atoms with E-state index in [1.165, 1.54) is 17.3 Å². The van der Waals surface area contributed by atoms with Crippen LogP contribution in [0, 0.1) is 5.92 Å². The number of nitrogens with one attached hydrogen (secondary N) is 1. The highest BCUT2D eigenvalue weighted by Gasteiger charge is 2.15. The second-order valence-corrected chi connectivity index (χ2v) is 4.84. The van der Waals surface area contributed by atoms with Crippen LogP contribution in [0.1, 0.15) is 45.6 Å². The highest BCUT2D eigenvalue weighted by atomic mass is 16.4. The number of carbonyl (C=O) groups is 2. The van der Waals surface area contributed by atoms with Crippen LogP contribution in [-0.2, 0) is 9.59 Å². The summed E-state index contributed by atoms with van der Waals surface area (Å²) in [7, 11) is 0. The van der Waals surface area contributed by atoms with Gasteiger partial charge in [0.25, 0.3) is 0 Å². The number of hydrogen-bond acceptors (Lipinski definition) is 4. The number of carboxylic acid groups (broad SMARTS) is 1. The van der Waals surface area contributed by atoms with Gasteiger partial charge in [-0.15, -0.1) is 0 Å². The maximum Gasteiger partial charge on any atom is 0.303 e. The van der Waals surface area contributed by atoms with E-state index < -0.39 is 12.0 Å². The van der Waals surface area contributed by atoms with Crippen LogP contribution in [0.5, 0.6) is 0 Å². The summed E-state index contributed by atoms with van der Waals surface area (Å²) in [6.45, 7) is 4.34. The van der Waals surface area contributed by atoms with E-state index in [2.05, 4.69) is 15.4 Å². The lowest BCUT2D eigenvalue weighted by molar-refractivity contribution is -0.137. The molecule has 0 bridgehead atoms. The van der Waals surface area contributed by atoms with Gasteiger partial charge in [-0.05, 0) is 25.7 Å². The van der Waals surface area contributed by atoms with Crippen molar-refractivity contribution in [1.29, 1.82) is 0 Å². The Morgan fingerprint density at radius 2 is 2.15 bits per heavy atom. The largest absolute Gasteiger partial charge is 0.481 e. The second kappa shape index (κ2) is 8.29. The van der Waals surface area contributed by atoms with E-state index in [-0.39, 0.29) is 12.3 Å². The van der Waals surface area contributed by atoms with Crippen molar-refractivity contribution in [1.82, 2.24) is 20.1 Å². The van der Waals surface area contributed by atoms with Gasteiger partial charge in [0.05, 0.1) is 0 Å². The highest BCUT2D eigenvalue weighted by molar-refractivity contribution is 5.79.